The van der Waals surface area contributed by atoms with Crippen LogP contribution in [0.15, 0.2) is 42.5 Å². The van der Waals surface area contributed by atoms with E-state index in [4.69, 9.17) is 15.2 Å². The molecule has 2 rings (SSSR count). The first-order valence-electron chi connectivity index (χ1n) is 7.44. The summed E-state index contributed by atoms with van der Waals surface area (Å²) in [6.45, 7) is 5.45. The normalized spacial score (nSPS) is 10.4. The van der Waals surface area contributed by atoms with Gasteiger partial charge in [0.05, 0.1) is 6.61 Å². The predicted octanol–water partition coefficient (Wildman–Crippen LogP) is 4.08. The molecule has 0 aliphatic rings. The molecule has 0 bridgehead atoms. The van der Waals surface area contributed by atoms with Crippen LogP contribution in [0.25, 0.3) is 0 Å². The summed E-state index contributed by atoms with van der Waals surface area (Å²) in [6, 6.07) is 14.0. The van der Waals surface area contributed by atoms with Crippen LogP contribution in [0, 0.1) is 6.92 Å². The number of ether oxygens (including phenoxy) is 2. The Bertz CT molecular complexity index is 581. The molecule has 0 atom stereocenters. The Balaban J connectivity index is 2.23. The van der Waals surface area contributed by atoms with E-state index in [9.17, 15) is 0 Å². The number of rotatable bonds is 7. The van der Waals surface area contributed by atoms with E-state index in [0.717, 1.165) is 35.7 Å². The third kappa shape index (κ3) is 4.23. The fourth-order valence-corrected chi connectivity index (χ4v) is 2.06. The van der Waals surface area contributed by atoms with Gasteiger partial charge < -0.3 is 15.2 Å². The van der Waals surface area contributed by atoms with Gasteiger partial charge in [-0.05, 0) is 55.6 Å². The minimum absolute atomic E-state index is 0.638. The molecule has 0 heterocycles. The Morgan fingerprint density at radius 2 is 1.76 bits per heavy atom. The van der Waals surface area contributed by atoms with Crippen molar-refractivity contribution in [2.45, 2.75) is 26.7 Å². The van der Waals surface area contributed by atoms with Gasteiger partial charge in [0, 0.05) is 0 Å². The maximum Gasteiger partial charge on any atom is 0.169 e. The van der Waals surface area contributed by atoms with E-state index < -0.39 is 0 Å². The Morgan fingerprint density at radius 3 is 2.48 bits per heavy atom. The summed E-state index contributed by atoms with van der Waals surface area (Å²) in [6.07, 6.45) is 1.82. The van der Waals surface area contributed by atoms with Crippen LogP contribution in [0.1, 0.15) is 24.5 Å². The minimum Gasteiger partial charge on any atom is -0.490 e. The van der Waals surface area contributed by atoms with Gasteiger partial charge in [-0.25, -0.2) is 0 Å². The molecular formula is C18H23NO2. The number of benzene rings is 2. The molecule has 0 aliphatic heterocycles. The highest BCUT2D eigenvalue weighted by Gasteiger charge is 2.08. The van der Waals surface area contributed by atoms with E-state index >= 15 is 0 Å². The summed E-state index contributed by atoms with van der Waals surface area (Å²) in [5.41, 5.74) is 7.90. The zero-order valence-corrected chi connectivity index (χ0v) is 12.8. The Labute approximate surface area is 126 Å². The second-order valence-electron chi connectivity index (χ2n) is 5.04. The van der Waals surface area contributed by atoms with Crippen LogP contribution in [0.5, 0.6) is 17.2 Å². The zero-order valence-electron chi connectivity index (χ0n) is 12.8. The topological polar surface area (TPSA) is 44.5 Å². The molecule has 0 aromatic heterocycles. The summed E-state index contributed by atoms with van der Waals surface area (Å²) in [5, 5.41) is 0. The van der Waals surface area contributed by atoms with Gasteiger partial charge in [0.1, 0.15) is 5.75 Å². The first kappa shape index (κ1) is 15.4. The van der Waals surface area contributed by atoms with Gasteiger partial charge in [-0.3, -0.25) is 0 Å². The quantitative estimate of drug-likeness (QED) is 0.833. The SMILES string of the molecule is CCCOc1ccccc1Oc1cc(CCN)ccc1C. The van der Waals surface area contributed by atoms with Crippen molar-refractivity contribution in [2.75, 3.05) is 13.2 Å². The summed E-state index contributed by atoms with van der Waals surface area (Å²) in [5.74, 6) is 2.38. The summed E-state index contributed by atoms with van der Waals surface area (Å²) < 4.78 is 11.8. The number of hydrogen-bond acceptors (Lipinski definition) is 3. The third-order valence-corrected chi connectivity index (χ3v) is 3.22. The maximum absolute atomic E-state index is 6.06. The molecule has 0 fully saturated rings. The molecule has 0 saturated heterocycles. The molecule has 2 aromatic rings. The van der Waals surface area contributed by atoms with Gasteiger partial charge in [-0.1, -0.05) is 31.2 Å². The number of para-hydroxylation sites is 2. The number of nitrogens with two attached hydrogens (primary N) is 1. The van der Waals surface area contributed by atoms with Crippen molar-refractivity contribution < 1.29 is 9.47 Å². The lowest BCUT2D eigenvalue weighted by Crippen LogP contribution is -2.03. The van der Waals surface area contributed by atoms with Crippen molar-refractivity contribution in [3.05, 3.63) is 53.6 Å². The summed E-state index contributed by atoms with van der Waals surface area (Å²) in [7, 11) is 0. The van der Waals surface area contributed by atoms with Gasteiger partial charge in [-0.15, -0.1) is 0 Å². The van der Waals surface area contributed by atoms with Crippen molar-refractivity contribution in [3.8, 4) is 17.2 Å². The molecule has 3 nitrogen and oxygen atoms in total. The summed E-state index contributed by atoms with van der Waals surface area (Å²) >= 11 is 0. The second-order valence-corrected chi connectivity index (χ2v) is 5.04. The molecular weight excluding hydrogens is 262 g/mol. The smallest absolute Gasteiger partial charge is 0.169 e. The van der Waals surface area contributed by atoms with E-state index in [1.165, 1.54) is 5.56 Å². The van der Waals surface area contributed by atoms with Crippen LogP contribution >= 0.6 is 0 Å². The van der Waals surface area contributed by atoms with Crippen LogP contribution in [0.4, 0.5) is 0 Å². The van der Waals surface area contributed by atoms with E-state index in [-0.39, 0.29) is 0 Å². The Morgan fingerprint density at radius 1 is 1.00 bits per heavy atom. The van der Waals surface area contributed by atoms with Crippen LogP contribution in [0.2, 0.25) is 0 Å². The molecule has 2 N–H and O–H groups in total. The van der Waals surface area contributed by atoms with Crippen molar-refractivity contribution in [1.29, 1.82) is 0 Å². The summed E-state index contributed by atoms with van der Waals surface area (Å²) in [4.78, 5) is 0. The number of aryl methyl sites for hydroxylation is 1. The molecule has 0 aliphatic carbocycles. The zero-order chi connectivity index (χ0) is 15.1. The fourth-order valence-electron chi connectivity index (χ4n) is 2.06. The molecule has 0 spiro atoms. The largest absolute Gasteiger partial charge is 0.490 e. The van der Waals surface area contributed by atoms with Crippen molar-refractivity contribution in [3.63, 3.8) is 0 Å². The molecule has 2 aromatic carbocycles. The monoisotopic (exact) mass is 285 g/mol. The lowest BCUT2D eigenvalue weighted by Gasteiger charge is -2.14. The fraction of sp³-hybridized carbons (Fsp3) is 0.333. The van der Waals surface area contributed by atoms with Crippen molar-refractivity contribution >= 4 is 0 Å². The van der Waals surface area contributed by atoms with Crippen molar-refractivity contribution in [2.24, 2.45) is 5.73 Å². The number of hydrogen-bond donors (Lipinski definition) is 1. The molecule has 0 saturated carbocycles. The standard InChI is InChI=1S/C18H23NO2/c1-3-12-20-16-6-4-5-7-17(16)21-18-13-15(10-11-19)9-8-14(18)2/h4-9,13H,3,10-12,19H2,1-2H3. The molecule has 0 amide bonds. The minimum atomic E-state index is 0.638. The average Bonchev–Trinajstić information content (AvgIpc) is 2.50. The molecule has 0 radical (unpaired) electrons. The molecule has 21 heavy (non-hydrogen) atoms. The van der Waals surface area contributed by atoms with Gasteiger partial charge >= 0.3 is 0 Å². The average molecular weight is 285 g/mol. The highest BCUT2D eigenvalue weighted by molar-refractivity contribution is 5.45. The van der Waals surface area contributed by atoms with Gasteiger partial charge in [0.15, 0.2) is 11.5 Å². The first-order chi connectivity index (χ1) is 10.2. The predicted molar refractivity (Wildman–Crippen MR) is 86.2 cm³/mol. The van der Waals surface area contributed by atoms with Crippen LogP contribution in [-0.2, 0) is 6.42 Å². The van der Waals surface area contributed by atoms with Gasteiger partial charge in [0.25, 0.3) is 0 Å². The highest BCUT2D eigenvalue weighted by Crippen LogP contribution is 2.33. The second kappa shape index (κ2) is 7.70. The molecule has 0 unspecified atom stereocenters. The highest BCUT2D eigenvalue weighted by atomic mass is 16.5. The van der Waals surface area contributed by atoms with Crippen molar-refractivity contribution in [1.82, 2.24) is 0 Å². The van der Waals surface area contributed by atoms with Gasteiger partial charge in [0.2, 0.25) is 0 Å². The molecule has 3 heteroatoms. The maximum atomic E-state index is 6.06. The molecule has 112 valence electrons. The van der Waals surface area contributed by atoms with E-state index in [0.29, 0.717) is 13.2 Å². The lowest BCUT2D eigenvalue weighted by atomic mass is 10.1. The van der Waals surface area contributed by atoms with E-state index in [2.05, 4.69) is 25.1 Å². The Kier molecular flexibility index (Phi) is 5.64. The van der Waals surface area contributed by atoms with Crippen LogP contribution in [-0.4, -0.2) is 13.2 Å². The van der Waals surface area contributed by atoms with Crippen LogP contribution in [0.3, 0.4) is 0 Å². The first-order valence-corrected chi connectivity index (χ1v) is 7.44. The van der Waals surface area contributed by atoms with E-state index in [1.807, 2.05) is 31.2 Å². The van der Waals surface area contributed by atoms with Crippen LogP contribution < -0.4 is 15.2 Å². The van der Waals surface area contributed by atoms with E-state index in [1.54, 1.807) is 0 Å². The third-order valence-electron chi connectivity index (χ3n) is 3.22. The van der Waals surface area contributed by atoms with Gasteiger partial charge in [-0.2, -0.15) is 0 Å². The Hall–Kier alpha value is -2.00. The lowest BCUT2D eigenvalue weighted by molar-refractivity contribution is 0.302.